The number of aryl methyl sites for hydroxylation is 2. The van der Waals surface area contributed by atoms with Gasteiger partial charge in [-0.3, -0.25) is 4.79 Å². The first-order valence-electron chi connectivity index (χ1n) is 13.0. The minimum Gasteiger partial charge on any atom is -0.334 e. The topological polar surface area (TPSA) is 72.3 Å². The highest BCUT2D eigenvalue weighted by Crippen LogP contribution is 2.28. The maximum atomic E-state index is 15.2. The Hall–Kier alpha value is -3.78. The van der Waals surface area contributed by atoms with Crippen molar-refractivity contribution in [1.29, 1.82) is 0 Å². The Morgan fingerprint density at radius 1 is 1.00 bits per heavy atom. The van der Waals surface area contributed by atoms with Crippen molar-refractivity contribution >= 4 is 15.7 Å². The van der Waals surface area contributed by atoms with Crippen LogP contribution in [0.1, 0.15) is 47.3 Å². The molecular weight excluding hydrogens is 513 g/mol. The van der Waals surface area contributed by atoms with Crippen molar-refractivity contribution in [3.8, 4) is 22.5 Å². The molecule has 0 aliphatic heterocycles. The van der Waals surface area contributed by atoms with Crippen molar-refractivity contribution in [3.63, 3.8) is 0 Å². The average Bonchev–Trinajstić information content (AvgIpc) is 3.34. The van der Waals surface area contributed by atoms with Gasteiger partial charge in [0, 0.05) is 55.5 Å². The van der Waals surface area contributed by atoms with E-state index in [1.165, 1.54) is 12.1 Å². The summed E-state index contributed by atoms with van der Waals surface area (Å²) in [6.07, 6.45) is 5.59. The molecule has 0 aliphatic rings. The van der Waals surface area contributed by atoms with E-state index in [9.17, 15) is 13.2 Å². The van der Waals surface area contributed by atoms with Crippen molar-refractivity contribution < 1.29 is 17.6 Å². The molecule has 0 spiro atoms. The highest BCUT2D eigenvalue weighted by Gasteiger charge is 2.25. The van der Waals surface area contributed by atoms with Gasteiger partial charge < -0.3 is 9.47 Å². The number of imidazole rings is 1. The van der Waals surface area contributed by atoms with Gasteiger partial charge >= 0.3 is 0 Å². The van der Waals surface area contributed by atoms with Crippen LogP contribution in [0.2, 0.25) is 0 Å². The predicted octanol–water partition coefficient (Wildman–Crippen LogP) is 6.22. The fraction of sp³-hybridized carbons (Fsp3) is 0.290. The van der Waals surface area contributed by atoms with E-state index in [0.717, 1.165) is 46.3 Å². The maximum absolute atomic E-state index is 15.2. The third kappa shape index (κ3) is 5.96. The van der Waals surface area contributed by atoms with Crippen LogP contribution in [-0.2, 0) is 29.9 Å². The molecule has 8 heteroatoms. The SMILES string of the molecule is CCCN(Cc1cc(-c2ccc(-c3nccn3C)cc2)ccc1C)C(=O)c1ccc(S(C)(=O)=O)c(F)c1CC. The van der Waals surface area contributed by atoms with Gasteiger partial charge in [0.25, 0.3) is 5.91 Å². The molecule has 204 valence electrons. The van der Waals surface area contributed by atoms with E-state index in [4.69, 9.17) is 0 Å². The van der Waals surface area contributed by atoms with Crippen molar-refractivity contribution in [2.75, 3.05) is 12.8 Å². The number of halogens is 1. The molecule has 0 aliphatic carbocycles. The molecule has 1 aromatic heterocycles. The Kier molecular flexibility index (Phi) is 8.35. The van der Waals surface area contributed by atoms with Crippen LogP contribution in [0.5, 0.6) is 0 Å². The number of aromatic nitrogens is 2. The lowest BCUT2D eigenvalue weighted by molar-refractivity contribution is 0.0741. The minimum absolute atomic E-state index is 0.127. The van der Waals surface area contributed by atoms with Gasteiger partial charge in [0.1, 0.15) is 16.5 Å². The lowest BCUT2D eigenvalue weighted by Gasteiger charge is -2.25. The van der Waals surface area contributed by atoms with Crippen LogP contribution in [0, 0.1) is 12.7 Å². The quantitative estimate of drug-likeness (QED) is 0.249. The van der Waals surface area contributed by atoms with Crippen LogP contribution in [0.25, 0.3) is 22.5 Å². The Morgan fingerprint density at radius 3 is 2.26 bits per heavy atom. The van der Waals surface area contributed by atoms with Crippen molar-refractivity contribution in [2.45, 2.75) is 45.1 Å². The second-order valence-electron chi connectivity index (χ2n) is 9.84. The van der Waals surface area contributed by atoms with Gasteiger partial charge in [-0.25, -0.2) is 17.8 Å². The Bertz CT molecular complexity index is 1610. The molecule has 0 atom stereocenters. The standard InChI is InChI=1S/C31H34FN3O3S/c1-6-17-35(31(36)27-14-15-28(39(5,37)38)29(32)26(27)7-2)20-25-19-24(9-8-21(25)3)22-10-12-23(13-11-22)30-33-16-18-34(30)4/h8-16,18-19H,6-7,17,20H2,1-5H3. The van der Waals surface area contributed by atoms with Crippen LogP contribution >= 0.6 is 0 Å². The smallest absolute Gasteiger partial charge is 0.254 e. The highest BCUT2D eigenvalue weighted by atomic mass is 32.2. The van der Waals surface area contributed by atoms with E-state index in [0.29, 0.717) is 13.1 Å². The van der Waals surface area contributed by atoms with E-state index in [1.54, 1.807) is 18.0 Å². The lowest BCUT2D eigenvalue weighted by atomic mass is 9.98. The first-order valence-corrected chi connectivity index (χ1v) is 14.9. The summed E-state index contributed by atoms with van der Waals surface area (Å²) in [5.41, 5.74) is 5.48. The summed E-state index contributed by atoms with van der Waals surface area (Å²) in [6, 6.07) is 17.1. The number of sulfone groups is 1. The molecule has 0 fully saturated rings. The molecule has 0 radical (unpaired) electrons. The second-order valence-corrected chi connectivity index (χ2v) is 11.8. The molecule has 1 heterocycles. The number of benzene rings is 3. The van der Waals surface area contributed by atoms with Crippen molar-refractivity contribution in [3.05, 3.63) is 95.1 Å². The number of hydrogen-bond donors (Lipinski definition) is 0. The summed E-state index contributed by atoms with van der Waals surface area (Å²) in [7, 11) is -1.78. The third-order valence-electron chi connectivity index (χ3n) is 6.98. The molecule has 0 unspecified atom stereocenters. The van der Waals surface area contributed by atoms with Gasteiger partial charge in [0.15, 0.2) is 9.84 Å². The van der Waals surface area contributed by atoms with Gasteiger partial charge in [-0.2, -0.15) is 0 Å². The van der Waals surface area contributed by atoms with Gasteiger partial charge in [-0.1, -0.05) is 50.2 Å². The number of hydrogen-bond acceptors (Lipinski definition) is 4. The van der Waals surface area contributed by atoms with Gasteiger partial charge in [-0.05, 0) is 60.2 Å². The number of carbonyl (C=O) groups is 1. The number of nitrogens with zero attached hydrogens (tertiary/aromatic N) is 3. The van der Waals surface area contributed by atoms with E-state index >= 15 is 4.39 Å². The fourth-order valence-electron chi connectivity index (χ4n) is 4.81. The van der Waals surface area contributed by atoms with Crippen LogP contribution in [0.15, 0.2) is 71.9 Å². The first-order chi connectivity index (χ1) is 18.5. The van der Waals surface area contributed by atoms with Gasteiger partial charge in [0.2, 0.25) is 0 Å². The molecule has 39 heavy (non-hydrogen) atoms. The molecule has 4 aromatic rings. The number of rotatable bonds is 9. The van der Waals surface area contributed by atoms with Crippen LogP contribution in [0.3, 0.4) is 0 Å². The predicted molar refractivity (Wildman–Crippen MR) is 153 cm³/mol. The highest BCUT2D eigenvalue weighted by molar-refractivity contribution is 7.90. The summed E-state index contributed by atoms with van der Waals surface area (Å²) >= 11 is 0. The summed E-state index contributed by atoms with van der Waals surface area (Å²) in [6.45, 7) is 6.56. The molecule has 1 amide bonds. The molecule has 3 aromatic carbocycles. The van der Waals surface area contributed by atoms with E-state index in [-0.39, 0.29) is 28.4 Å². The average molecular weight is 548 g/mol. The summed E-state index contributed by atoms with van der Waals surface area (Å²) in [5.74, 6) is -0.251. The summed E-state index contributed by atoms with van der Waals surface area (Å²) < 4.78 is 41.2. The second kappa shape index (κ2) is 11.5. The van der Waals surface area contributed by atoms with E-state index in [2.05, 4.69) is 29.2 Å². The molecule has 0 bridgehead atoms. The van der Waals surface area contributed by atoms with E-state index in [1.807, 2.05) is 49.9 Å². The lowest BCUT2D eigenvalue weighted by Crippen LogP contribution is -2.32. The zero-order chi connectivity index (χ0) is 28.3. The van der Waals surface area contributed by atoms with E-state index < -0.39 is 15.7 Å². The zero-order valence-corrected chi connectivity index (χ0v) is 23.8. The normalized spacial score (nSPS) is 11.5. The van der Waals surface area contributed by atoms with Crippen LogP contribution < -0.4 is 0 Å². The molecule has 0 saturated carbocycles. The van der Waals surface area contributed by atoms with Crippen molar-refractivity contribution in [1.82, 2.24) is 14.5 Å². The largest absolute Gasteiger partial charge is 0.334 e. The Labute approximate surface area is 230 Å². The zero-order valence-electron chi connectivity index (χ0n) is 23.0. The third-order valence-corrected chi connectivity index (χ3v) is 8.09. The number of amides is 1. The number of carbonyl (C=O) groups excluding carboxylic acids is 1. The van der Waals surface area contributed by atoms with Gasteiger partial charge in [0.05, 0.1) is 0 Å². The fourth-order valence-corrected chi connectivity index (χ4v) is 5.57. The summed E-state index contributed by atoms with van der Waals surface area (Å²) in [5, 5.41) is 0. The van der Waals surface area contributed by atoms with Gasteiger partial charge in [-0.15, -0.1) is 0 Å². The first kappa shape index (κ1) is 28.2. The Balaban J connectivity index is 1.65. The maximum Gasteiger partial charge on any atom is 0.254 e. The van der Waals surface area contributed by atoms with Crippen LogP contribution in [0.4, 0.5) is 4.39 Å². The molecule has 0 saturated heterocycles. The molecule has 0 N–H and O–H groups in total. The molecule has 6 nitrogen and oxygen atoms in total. The summed E-state index contributed by atoms with van der Waals surface area (Å²) in [4.78, 5) is 19.4. The minimum atomic E-state index is -3.75. The molecular formula is C31H34FN3O3S. The Morgan fingerprint density at radius 2 is 1.67 bits per heavy atom. The molecule has 4 rings (SSSR count). The van der Waals surface area contributed by atoms with Crippen molar-refractivity contribution in [2.24, 2.45) is 7.05 Å². The van der Waals surface area contributed by atoms with Crippen LogP contribution in [-0.4, -0.2) is 41.6 Å². The monoisotopic (exact) mass is 547 g/mol.